The quantitative estimate of drug-likeness (QED) is 0.664. The molecule has 1 aromatic heterocycles. The fourth-order valence-corrected chi connectivity index (χ4v) is 4.63. The van der Waals surface area contributed by atoms with Gasteiger partial charge in [-0.2, -0.15) is 0 Å². The Morgan fingerprint density at radius 3 is 2.69 bits per heavy atom. The van der Waals surface area contributed by atoms with Crippen LogP contribution in [0.5, 0.6) is 5.75 Å². The van der Waals surface area contributed by atoms with Crippen molar-refractivity contribution >= 4 is 23.1 Å². The monoisotopic (exact) mass is 408 g/mol. The molecule has 3 aromatic rings. The Morgan fingerprint density at radius 2 is 1.93 bits per heavy atom. The molecular weight excluding hydrogens is 384 g/mol. The number of anilines is 1. The smallest absolute Gasteiger partial charge is 0.321 e. The molecule has 0 radical (unpaired) electrons. The number of nitrogens with one attached hydrogen (secondary N) is 1. The number of benzene rings is 2. The van der Waals surface area contributed by atoms with Crippen molar-refractivity contribution in [2.24, 2.45) is 0 Å². The van der Waals surface area contributed by atoms with Crippen LogP contribution in [0.3, 0.4) is 0 Å². The number of methoxy groups -OCH3 is 1. The molecule has 0 saturated carbocycles. The van der Waals surface area contributed by atoms with Crippen molar-refractivity contribution < 1.29 is 9.53 Å². The zero-order valence-corrected chi connectivity index (χ0v) is 17.4. The molecule has 2 amide bonds. The molecule has 4 rings (SSSR count). The van der Waals surface area contributed by atoms with Gasteiger partial charge in [-0.25, -0.2) is 4.79 Å². The summed E-state index contributed by atoms with van der Waals surface area (Å²) in [5.41, 5.74) is 2.93. The molecule has 2 heterocycles. The lowest BCUT2D eigenvalue weighted by Gasteiger charge is -2.31. The van der Waals surface area contributed by atoms with Crippen molar-refractivity contribution in [1.29, 1.82) is 0 Å². The van der Waals surface area contributed by atoms with Crippen LogP contribution in [-0.4, -0.2) is 41.3 Å². The standard InChI is InChI=1S/C22H24N4O2S/c1-15-6-5-7-17(14-15)23-22(27)26-12-10-16(11-13-26)20-24-25-21(29-20)18-8-3-4-9-19(18)28-2/h3-9,14,16H,10-13H2,1-2H3,(H,23,27). The highest BCUT2D eigenvalue weighted by molar-refractivity contribution is 7.14. The van der Waals surface area contributed by atoms with Crippen LogP contribution in [0.4, 0.5) is 10.5 Å². The van der Waals surface area contributed by atoms with Gasteiger partial charge in [0, 0.05) is 24.7 Å². The number of para-hydroxylation sites is 1. The van der Waals surface area contributed by atoms with Crippen molar-refractivity contribution in [2.75, 3.05) is 25.5 Å². The molecule has 1 aliphatic rings. The Balaban J connectivity index is 1.37. The van der Waals surface area contributed by atoms with E-state index in [-0.39, 0.29) is 6.03 Å². The molecule has 0 spiro atoms. The summed E-state index contributed by atoms with van der Waals surface area (Å²) >= 11 is 1.61. The summed E-state index contributed by atoms with van der Waals surface area (Å²) in [6, 6.07) is 15.7. The van der Waals surface area contributed by atoms with Gasteiger partial charge in [0.05, 0.1) is 12.7 Å². The Bertz CT molecular complexity index is 996. The fourth-order valence-electron chi connectivity index (χ4n) is 3.58. The van der Waals surface area contributed by atoms with Crippen LogP contribution in [0.25, 0.3) is 10.6 Å². The Kier molecular flexibility index (Phi) is 5.76. The van der Waals surface area contributed by atoms with E-state index >= 15 is 0 Å². The van der Waals surface area contributed by atoms with Crippen molar-refractivity contribution in [1.82, 2.24) is 15.1 Å². The number of hydrogen-bond donors (Lipinski definition) is 1. The number of ether oxygens (including phenoxy) is 1. The second kappa shape index (κ2) is 8.61. The number of likely N-dealkylation sites (tertiary alicyclic amines) is 1. The largest absolute Gasteiger partial charge is 0.496 e. The van der Waals surface area contributed by atoms with Crippen LogP contribution < -0.4 is 10.1 Å². The first-order chi connectivity index (χ1) is 14.1. The number of amides is 2. The molecule has 2 aromatic carbocycles. The number of nitrogens with zero attached hydrogens (tertiary/aromatic N) is 3. The van der Waals surface area contributed by atoms with Crippen molar-refractivity contribution in [3.8, 4) is 16.3 Å². The van der Waals surface area contributed by atoms with Crippen LogP contribution in [0, 0.1) is 6.92 Å². The average molecular weight is 409 g/mol. The lowest BCUT2D eigenvalue weighted by atomic mass is 9.98. The first kappa shape index (κ1) is 19.4. The minimum absolute atomic E-state index is 0.0407. The number of urea groups is 1. The van der Waals surface area contributed by atoms with Gasteiger partial charge in [-0.05, 0) is 49.6 Å². The molecule has 0 atom stereocenters. The number of rotatable bonds is 4. The fraction of sp³-hybridized carbons (Fsp3) is 0.318. The first-order valence-corrected chi connectivity index (χ1v) is 10.5. The lowest BCUT2D eigenvalue weighted by molar-refractivity contribution is 0.194. The normalized spacial score (nSPS) is 14.6. The molecule has 1 fully saturated rings. The Hall–Kier alpha value is -2.93. The molecule has 1 saturated heterocycles. The van der Waals surface area contributed by atoms with Gasteiger partial charge in [0.25, 0.3) is 0 Å². The first-order valence-electron chi connectivity index (χ1n) is 9.73. The number of hydrogen-bond acceptors (Lipinski definition) is 5. The minimum Gasteiger partial charge on any atom is -0.496 e. The Morgan fingerprint density at radius 1 is 1.14 bits per heavy atom. The zero-order valence-electron chi connectivity index (χ0n) is 16.6. The van der Waals surface area contributed by atoms with Gasteiger partial charge in [0.1, 0.15) is 10.8 Å². The second-order valence-electron chi connectivity index (χ2n) is 7.21. The van der Waals surface area contributed by atoms with E-state index in [9.17, 15) is 4.79 Å². The number of aryl methyl sites for hydroxylation is 1. The predicted octanol–water partition coefficient (Wildman–Crippen LogP) is 4.93. The third-order valence-electron chi connectivity index (χ3n) is 5.18. The topological polar surface area (TPSA) is 67.4 Å². The highest BCUT2D eigenvalue weighted by Gasteiger charge is 2.26. The van der Waals surface area contributed by atoms with Crippen LogP contribution in [0.2, 0.25) is 0 Å². The van der Waals surface area contributed by atoms with E-state index in [1.165, 1.54) is 0 Å². The molecule has 7 heteroatoms. The lowest BCUT2D eigenvalue weighted by Crippen LogP contribution is -2.40. The summed E-state index contributed by atoms with van der Waals surface area (Å²) < 4.78 is 5.44. The van der Waals surface area contributed by atoms with E-state index in [0.717, 1.165) is 45.4 Å². The van der Waals surface area contributed by atoms with Gasteiger partial charge in [-0.1, -0.05) is 35.6 Å². The van der Waals surface area contributed by atoms with Crippen LogP contribution in [0.15, 0.2) is 48.5 Å². The van der Waals surface area contributed by atoms with Crippen LogP contribution >= 0.6 is 11.3 Å². The summed E-state index contributed by atoms with van der Waals surface area (Å²) in [5.74, 6) is 1.14. The number of aromatic nitrogens is 2. The van der Waals surface area contributed by atoms with E-state index in [1.807, 2.05) is 60.4 Å². The molecule has 0 unspecified atom stereocenters. The van der Waals surface area contributed by atoms with Gasteiger partial charge >= 0.3 is 6.03 Å². The second-order valence-corrected chi connectivity index (χ2v) is 8.22. The van der Waals surface area contributed by atoms with Crippen LogP contribution in [0.1, 0.15) is 29.3 Å². The third-order valence-corrected chi connectivity index (χ3v) is 6.30. The summed E-state index contributed by atoms with van der Waals surface area (Å²) in [6.45, 7) is 3.44. The van der Waals surface area contributed by atoms with Gasteiger partial charge in [0.15, 0.2) is 5.01 Å². The van der Waals surface area contributed by atoms with Gasteiger partial charge in [-0.15, -0.1) is 10.2 Å². The average Bonchev–Trinajstić information content (AvgIpc) is 3.24. The maximum atomic E-state index is 12.6. The number of carbonyl (C=O) groups is 1. The van der Waals surface area contributed by atoms with Crippen LogP contribution in [-0.2, 0) is 0 Å². The van der Waals surface area contributed by atoms with Gasteiger partial charge in [0.2, 0.25) is 0 Å². The molecule has 0 bridgehead atoms. The van der Waals surface area contributed by atoms with Crippen molar-refractivity contribution in [3.05, 3.63) is 59.1 Å². The van der Waals surface area contributed by atoms with Gasteiger partial charge < -0.3 is 15.0 Å². The Labute approximate surface area is 174 Å². The van der Waals surface area contributed by atoms with Gasteiger partial charge in [-0.3, -0.25) is 0 Å². The van der Waals surface area contributed by atoms with E-state index in [4.69, 9.17) is 4.74 Å². The maximum absolute atomic E-state index is 12.6. The highest BCUT2D eigenvalue weighted by atomic mass is 32.1. The van der Waals surface area contributed by atoms with E-state index in [0.29, 0.717) is 19.0 Å². The third kappa shape index (κ3) is 4.40. The molecule has 0 aliphatic carbocycles. The van der Waals surface area contributed by atoms with Crippen molar-refractivity contribution in [2.45, 2.75) is 25.7 Å². The number of carbonyl (C=O) groups excluding carboxylic acids is 1. The molecule has 1 aliphatic heterocycles. The minimum atomic E-state index is -0.0407. The summed E-state index contributed by atoms with van der Waals surface area (Å²) in [7, 11) is 1.66. The molecule has 6 nitrogen and oxygen atoms in total. The van der Waals surface area contributed by atoms with E-state index in [2.05, 4.69) is 15.5 Å². The summed E-state index contributed by atoms with van der Waals surface area (Å²) in [4.78, 5) is 14.4. The van der Waals surface area contributed by atoms with E-state index < -0.39 is 0 Å². The van der Waals surface area contributed by atoms with Crippen molar-refractivity contribution in [3.63, 3.8) is 0 Å². The molecule has 29 heavy (non-hydrogen) atoms. The van der Waals surface area contributed by atoms with E-state index in [1.54, 1.807) is 18.4 Å². The maximum Gasteiger partial charge on any atom is 0.321 e. The zero-order chi connectivity index (χ0) is 20.2. The highest BCUT2D eigenvalue weighted by Crippen LogP contribution is 2.36. The molecule has 150 valence electrons. The SMILES string of the molecule is COc1ccccc1-c1nnc(C2CCN(C(=O)Nc3cccc(C)c3)CC2)s1. The molecular formula is C22H24N4O2S. The summed E-state index contributed by atoms with van der Waals surface area (Å²) in [6.07, 6.45) is 1.78. The predicted molar refractivity (Wildman–Crippen MR) is 116 cm³/mol. The molecule has 1 N–H and O–H groups in total. The number of piperidine rings is 1. The summed E-state index contributed by atoms with van der Waals surface area (Å²) in [5, 5.41) is 13.7.